The molecule has 0 radical (unpaired) electrons. The summed E-state index contributed by atoms with van der Waals surface area (Å²) in [7, 11) is 2.11. The lowest BCUT2D eigenvalue weighted by molar-refractivity contribution is 0.652. The average molecular weight is 348 g/mol. The Morgan fingerprint density at radius 3 is 2.29 bits per heavy atom. The molecular weight excluding hydrogens is 332 g/mol. The fourth-order valence-corrected chi connectivity index (χ4v) is 4.38. The molecule has 0 spiro atoms. The van der Waals surface area contributed by atoms with Crippen molar-refractivity contribution in [2.45, 2.75) is 0 Å². The van der Waals surface area contributed by atoms with Crippen molar-refractivity contribution >= 4 is 34.9 Å². The van der Waals surface area contributed by atoms with Gasteiger partial charge in [-0.05, 0) is 5.56 Å². The minimum atomic E-state index is 1.03. The topological polar surface area (TPSA) is 16.1 Å². The molecule has 3 aromatic rings. The lowest BCUT2D eigenvalue weighted by Gasteiger charge is -2.17. The Hall–Kier alpha value is -2.30. The zero-order chi connectivity index (χ0) is 16.4. The third-order valence-corrected chi connectivity index (χ3v) is 5.66. The highest BCUT2D eigenvalue weighted by atomic mass is 32.2. The van der Waals surface area contributed by atoms with Crippen LogP contribution in [0.1, 0.15) is 10.6 Å². The number of rotatable bonds is 3. The van der Waals surface area contributed by atoms with Crippen LogP contribution in [0.5, 0.6) is 0 Å². The maximum absolute atomic E-state index is 4.76. The molecule has 0 unspecified atom stereocenters. The van der Waals surface area contributed by atoms with Crippen molar-refractivity contribution in [2.75, 3.05) is 7.05 Å². The van der Waals surface area contributed by atoms with Gasteiger partial charge in [-0.25, -0.2) is 4.98 Å². The minimum absolute atomic E-state index is 1.03. The fourth-order valence-electron chi connectivity index (χ4n) is 2.60. The van der Waals surface area contributed by atoms with Crippen molar-refractivity contribution in [1.82, 2.24) is 9.88 Å². The van der Waals surface area contributed by atoms with E-state index < -0.39 is 0 Å². The molecule has 2 heterocycles. The lowest BCUT2D eigenvalue weighted by atomic mass is 10.1. The summed E-state index contributed by atoms with van der Waals surface area (Å²) in [6, 6.07) is 20.8. The average Bonchev–Trinajstić information content (AvgIpc) is 3.25. The molecule has 1 aromatic heterocycles. The van der Waals surface area contributed by atoms with Crippen molar-refractivity contribution in [1.29, 1.82) is 0 Å². The summed E-state index contributed by atoms with van der Waals surface area (Å²) in [5.41, 5.74) is 4.66. The first-order valence-electron chi connectivity index (χ1n) is 7.70. The van der Waals surface area contributed by atoms with E-state index in [-0.39, 0.29) is 0 Å². The maximum atomic E-state index is 4.76. The molecule has 0 fully saturated rings. The van der Waals surface area contributed by atoms with Crippen LogP contribution < -0.4 is 0 Å². The summed E-state index contributed by atoms with van der Waals surface area (Å²) in [6.45, 7) is 0. The summed E-state index contributed by atoms with van der Waals surface area (Å²) in [5, 5.41) is 6.55. The first kappa shape index (κ1) is 15.2. The number of hydrogen-bond acceptors (Lipinski definition) is 4. The highest BCUT2D eigenvalue weighted by Crippen LogP contribution is 2.39. The third-order valence-electron chi connectivity index (χ3n) is 3.89. The van der Waals surface area contributed by atoms with E-state index in [4.69, 9.17) is 4.98 Å². The molecule has 0 aliphatic carbocycles. The van der Waals surface area contributed by atoms with E-state index in [1.54, 1.807) is 23.1 Å². The van der Waals surface area contributed by atoms with Gasteiger partial charge in [0.25, 0.3) is 0 Å². The molecule has 0 amide bonds. The van der Waals surface area contributed by atoms with Gasteiger partial charge in [-0.2, -0.15) is 0 Å². The summed E-state index contributed by atoms with van der Waals surface area (Å²) < 4.78 is 0. The molecule has 118 valence electrons. The van der Waals surface area contributed by atoms with Gasteiger partial charge in [0.05, 0.1) is 16.4 Å². The largest absolute Gasteiger partial charge is 0.338 e. The molecule has 0 bridgehead atoms. The zero-order valence-corrected chi connectivity index (χ0v) is 14.8. The van der Waals surface area contributed by atoms with E-state index in [0.717, 1.165) is 16.3 Å². The predicted octanol–water partition coefficient (Wildman–Crippen LogP) is 5.79. The summed E-state index contributed by atoms with van der Waals surface area (Å²) in [6.07, 6.45) is 2.16. The Balaban J connectivity index is 1.57. The van der Waals surface area contributed by atoms with Crippen LogP contribution in [0.2, 0.25) is 0 Å². The molecule has 0 saturated carbocycles. The molecule has 2 nitrogen and oxygen atoms in total. The van der Waals surface area contributed by atoms with Gasteiger partial charge in [-0.1, -0.05) is 72.4 Å². The van der Waals surface area contributed by atoms with Crippen LogP contribution in [0, 0.1) is 0 Å². The van der Waals surface area contributed by atoms with Gasteiger partial charge in [-0.15, -0.1) is 11.3 Å². The Bertz CT molecular complexity index is 896. The normalized spacial score (nSPS) is 15.8. The third kappa shape index (κ3) is 3.03. The van der Waals surface area contributed by atoms with E-state index in [1.807, 2.05) is 24.3 Å². The second-order valence-electron chi connectivity index (χ2n) is 5.47. The van der Waals surface area contributed by atoms with E-state index in [9.17, 15) is 0 Å². The van der Waals surface area contributed by atoms with Crippen molar-refractivity contribution < 1.29 is 0 Å². The molecule has 0 N–H and O–H groups in total. The number of thiazole rings is 1. The van der Waals surface area contributed by atoms with Crippen LogP contribution >= 0.6 is 23.1 Å². The van der Waals surface area contributed by atoms with Crippen molar-refractivity contribution in [2.24, 2.45) is 0 Å². The zero-order valence-electron chi connectivity index (χ0n) is 13.2. The summed E-state index contributed by atoms with van der Waals surface area (Å²) >= 11 is 3.42. The molecule has 4 heteroatoms. The Morgan fingerprint density at radius 1 is 0.917 bits per heavy atom. The van der Waals surface area contributed by atoms with Gasteiger partial charge in [-0.3, -0.25) is 0 Å². The molecule has 0 saturated heterocycles. The number of aromatic nitrogens is 1. The van der Waals surface area contributed by atoms with E-state index in [1.165, 1.54) is 16.3 Å². The number of benzene rings is 2. The second-order valence-corrected chi connectivity index (χ2v) is 7.24. The van der Waals surface area contributed by atoms with Crippen LogP contribution in [0.4, 0.5) is 0 Å². The van der Waals surface area contributed by atoms with Crippen LogP contribution in [0.15, 0.2) is 76.5 Å². The Labute approximate surface area is 150 Å². The quantitative estimate of drug-likeness (QED) is 0.596. The van der Waals surface area contributed by atoms with Gasteiger partial charge in [0.15, 0.2) is 0 Å². The minimum Gasteiger partial charge on any atom is -0.338 e. The molecule has 24 heavy (non-hydrogen) atoms. The first-order chi connectivity index (χ1) is 11.8. The predicted molar refractivity (Wildman–Crippen MR) is 105 cm³/mol. The number of nitrogens with zero attached hydrogens (tertiary/aromatic N) is 2. The van der Waals surface area contributed by atoms with Crippen LogP contribution in [-0.4, -0.2) is 16.9 Å². The van der Waals surface area contributed by atoms with Gasteiger partial charge in [0.2, 0.25) is 0 Å². The monoisotopic (exact) mass is 348 g/mol. The van der Waals surface area contributed by atoms with Crippen LogP contribution in [0.3, 0.4) is 0 Å². The number of thioether (sulfide) groups is 1. The summed E-state index contributed by atoms with van der Waals surface area (Å²) in [4.78, 5) is 6.98. The summed E-state index contributed by atoms with van der Waals surface area (Å²) in [5.74, 6) is 0. The molecule has 2 aromatic carbocycles. The van der Waals surface area contributed by atoms with Crippen LogP contribution in [-0.2, 0) is 0 Å². The smallest absolute Gasteiger partial charge is 0.119 e. The van der Waals surface area contributed by atoms with Gasteiger partial charge in [0.1, 0.15) is 5.01 Å². The van der Waals surface area contributed by atoms with E-state index >= 15 is 0 Å². The Morgan fingerprint density at radius 2 is 1.58 bits per heavy atom. The van der Waals surface area contributed by atoms with Gasteiger partial charge in [0, 0.05) is 29.5 Å². The van der Waals surface area contributed by atoms with Crippen molar-refractivity contribution in [3.63, 3.8) is 0 Å². The highest BCUT2D eigenvalue weighted by molar-refractivity contribution is 8.06. The van der Waals surface area contributed by atoms with E-state index in [0.29, 0.717) is 0 Å². The second kappa shape index (κ2) is 6.67. The van der Waals surface area contributed by atoms with Crippen molar-refractivity contribution in [3.05, 3.63) is 87.1 Å². The number of hydrogen-bond donors (Lipinski definition) is 0. The Kier molecular flexibility index (Phi) is 4.24. The lowest BCUT2D eigenvalue weighted by Crippen LogP contribution is -2.09. The van der Waals surface area contributed by atoms with Gasteiger partial charge < -0.3 is 4.90 Å². The van der Waals surface area contributed by atoms with Crippen LogP contribution in [0.25, 0.3) is 23.0 Å². The molecular formula is C20H16N2S2. The SMILES string of the molecule is CN1C(=Cc2nc(-c3ccccc3)cs2)SC=C1c1ccccc1. The van der Waals surface area contributed by atoms with E-state index in [2.05, 4.69) is 65.2 Å². The molecule has 1 aliphatic heterocycles. The molecule has 0 atom stereocenters. The standard InChI is InChI=1S/C20H16N2S2/c1-22-18(16-10-6-3-7-11-16)14-24-20(22)12-19-21-17(13-23-19)15-8-4-2-5-9-15/h2-14H,1H3. The molecule has 1 aliphatic rings. The van der Waals surface area contributed by atoms with Crippen molar-refractivity contribution in [3.8, 4) is 11.3 Å². The highest BCUT2D eigenvalue weighted by Gasteiger charge is 2.19. The fraction of sp³-hybridized carbons (Fsp3) is 0.0500. The maximum Gasteiger partial charge on any atom is 0.119 e. The molecule has 4 rings (SSSR count). The first-order valence-corrected chi connectivity index (χ1v) is 9.46. The van der Waals surface area contributed by atoms with Gasteiger partial charge >= 0.3 is 0 Å².